The Hall–Kier alpha value is -1.88. The van der Waals surface area contributed by atoms with Gasteiger partial charge >= 0.3 is 0 Å². The second-order valence-corrected chi connectivity index (χ2v) is 5.55. The molecule has 4 nitrogen and oxygen atoms in total. The minimum absolute atomic E-state index is 0.0352. The SMILES string of the molecule is COCCNCC(=O)NCc1ccccc1-c1ccc(Cl)cc1. The molecule has 2 aromatic rings. The van der Waals surface area contributed by atoms with E-state index >= 15 is 0 Å². The average molecular weight is 333 g/mol. The standard InChI is InChI=1S/C18H21ClN2O2/c1-23-11-10-20-13-18(22)21-12-15-4-2-3-5-17(15)14-6-8-16(19)9-7-14/h2-9,20H,10-13H2,1H3,(H,21,22). The zero-order valence-corrected chi connectivity index (χ0v) is 13.9. The fourth-order valence-corrected chi connectivity index (χ4v) is 2.34. The van der Waals surface area contributed by atoms with E-state index < -0.39 is 0 Å². The largest absolute Gasteiger partial charge is 0.383 e. The third-order valence-corrected chi connectivity index (χ3v) is 3.67. The molecule has 2 N–H and O–H groups in total. The van der Waals surface area contributed by atoms with Crippen LogP contribution in [-0.2, 0) is 16.1 Å². The Balaban J connectivity index is 1.95. The molecule has 0 bridgehead atoms. The third kappa shape index (κ3) is 5.67. The number of nitrogens with one attached hydrogen (secondary N) is 2. The summed E-state index contributed by atoms with van der Waals surface area (Å²) in [5, 5.41) is 6.66. The summed E-state index contributed by atoms with van der Waals surface area (Å²) in [5.41, 5.74) is 3.24. The number of methoxy groups -OCH3 is 1. The van der Waals surface area contributed by atoms with Crippen LogP contribution in [0.4, 0.5) is 0 Å². The molecule has 0 radical (unpaired) electrons. The predicted molar refractivity (Wildman–Crippen MR) is 93.5 cm³/mol. The first-order valence-corrected chi connectivity index (χ1v) is 7.88. The second kappa shape index (κ2) is 9.30. The minimum atomic E-state index is -0.0352. The van der Waals surface area contributed by atoms with Gasteiger partial charge in [0.25, 0.3) is 0 Å². The second-order valence-electron chi connectivity index (χ2n) is 5.11. The minimum Gasteiger partial charge on any atom is -0.383 e. The van der Waals surface area contributed by atoms with Crippen molar-refractivity contribution in [1.82, 2.24) is 10.6 Å². The summed E-state index contributed by atoms with van der Waals surface area (Å²) in [4.78, 5) is 11.8. The highest BCUT2D eigenvalue weighted by atomic mass is 35.5. The van der Waals surface area contributed by atoms with Crippen LogP contribution in [-0.4, -0.2) is 32.7 Å². The molecule has 0 aliphatic carbocycles. The molecule has 0 fully saturated rings. The van der Waals surface area contributed by atoms with Crippen LogP contribution >= 0.6 is 11.6 Å². The van der Waals surface area contributed by atoms with E-state index in [0.29, 0.717) is 24.7 Å². The Morgan fingerprint density at radius 3 is 2.61 bits per heavy atom. The molecule has 0 saturated heterocycles. The number of hydrogen-bond donors (Lipinski definition) is 2. The van der Waals surface area contributed by atoms with Crippen molar-refractivity contribution in [3.8, 4) is 11.1 Å². The van der Waals surface area contributed by atoms with E-state index in [1.165, 1.54) is 0 Å². The summed E-state index contributed by atoms with van der Waals surface area (Å²) in [6.07, 6.45) is 0. The molecule has 122 valence electrons. The van der Waals surface area contributed by atoms with Crippen LogP contribution in [0.15, 0.2) is 48.5 Å². The first-order chi connectivity index (χ1) is 11.2. The molecular formula is C18H21ClN2O2. The summed E-state index contributed by atoms with van der Waals surface area (Å²) in [7, 11) is 1.63. The Kier molecular flexibility index (Phi) is 7.07. The molecule has 0 aliphatic heterocycles. The van der Waals surface area contributed by atoms with Crippen LogP contribution < -0.4 is 10.6 Å². The maximum atomic E-state index is 11.8. The third-order valence-electron chi connectivity index (χ3n) is 3.42. The highest BCUT2D eigenvalue weighted by Crippen LogP contribution is 2.25. The van der Waals surface area contributed by atoms with Gasteiger partial charge in [0.1, 0.15) is 0 Å². The predicted octanol–water partition coefficient (Wildman–Crippen LogP) is 2.86. The quantitative estimate of drug-likeness (QED) is 0.731. The molecule has 0 aliphatic rings. The molecule has 0 saturated carbocycles. The summed E-state index contributed by atoms with van der Waals surface area (Å²) >= 11 is 5.94. The van der Waals surface area contributed by atoms with Crippen molar-refractivity contribution in [2.75, 3.05) is 26.8 Å². The van der Waals surface area contributed by atoms with Crippen molar-refractivity contribution in [2.45, 2.75) is 6.54 Å². The van der Waals surface area contributed by atoms with Gasteiger partial charge in [-0.15, -0.1) is 0 Å². The normalized spacial score (nSPS) is 10.5. The number of carbonyl (C=O) groups is 1. The van der Waals surface area contributed by atoms with Gasteiger partial charge in [-0.05, 0) is 28.8 Å². The van der Waals surface area contributed by atoms with E-state index in [1.54, 1.807) is 7.11 Å². The number of benzene rings is 2. The number of halogens is 1. The van der Waals surface area contributed by atoms with Crippen molar-refractivity contribution in [3.63, 3.8) is 0 Å². The maximum Gasteiger partial charge on any atom is 0.234 e. The van der Waals surface area contributed by atoms with Gasteiger partial charge < -0.3 is 15.4 Å². The zero-order valence-electron chi connectivity index (χ0n) is 13.1. The molecule has 5 heteroatoms. The molecule has 0 atom stereocenters. The van der Waals surface area contributed by atoms with Crippen LogP contribution in [0.1, 0.15) is 5.56 Å². The van der Waals surface area contributed by atoms with E-state index in [2.05, 4.69) is 10.6 Å². The highest BCUT2D eigenvalue weighted by Gasteiger charge is 2.06. The molecule has 23 heavy (non-hydrogen) atoms. The molecule has 2 aromatic carbocycles. The lowest BCUT2D eigenvalue weighted by Crippen LogP contribution is -2.34. The van der Waals surface area contributed by atoms with Crippen LogP contribution in [0, 0.1) is 0 Å². The monoisotopic (exact) mass is 332 g/mol. The Bertz CT molecular complexity index is 629. The first kappa shape index (κ1) is 17.5. The van der Waals surface area contributed by atoms with Crippen molar-refractivity contribution in [2.24, 2.45) is 0 Å². The number of amides is 1. The first-order valence-electron chi connectivity index (χ1n) is 7.51. The molecular weight excluding hydrogens is 312 g/mol. The van der Waals surface area contributed by atoms with Crippen LogP contribution in [0.25, 0.3) is 11.1 Å². The summed E-state index contributed by atoms with van der Waals surface area (Å²) < 4.78 is 4.92. The van der Waals surface area contributed by atoms with E-state index in [4.69, 9.17) is 16.3 Å². The fourth-order valence-electron chi connectivity index (χ4n) is 2.22. The molecule has 0 aromatic heterocycles. The van der Waals surface area contributed by atoms with Crippen molar-refractivity contribution >= 4 is 17.5 Å². The van der Waals surface area contributed by atoms with Gasteiger partial charge in [-0.25, -0.2) is 0 Å². The molecule has 0 heterocycles. The van der Waals surface area contributed by atoms with Crippen LogP contribution in [0.2, 0.25) is 5.02 Å². The lowest BCUT2D eigenvalue weighted by molar-refractivity contribution is -0.120. The number of carbonyl (C=O) groups excluding carboxylic acids is 1. The smallest absolute Gasteiger partial charge is 0.234 e. The Morgan fingerprint density at radius 2 is 1.87 bits per heavy atom. The van der Waals surface area contributed by atoms with Gasteiger partial charge in [-0.3, -0.25) is 4.79 Å². The highest BCUT2D eigenvalue weighted by molar-refractivity contribution is 6.30. The number of ether oxygens (including phenoxy) is 1. The van der Waals surface area contributed by atoms with Crippen molar-refractivity contribution in [1.29, 1.82) is 0 Å². The fraction of sp³-hybridized carbons (Fsp3) is 0.278. The zero-order chi connectivity index (χ0) is 16.5. The molecule has 1 amide bonds. The van der Waals surface area contributed by atoms with Gasteiger partial charge in [0.15, 0.2) is 0 Å². The summed E-state index contributed by atoms with van der Waals surface area (Å²) in [6, 6.07) is 15.7. The van der Waals surface area contributed by atoms with E-state index in [9.17, 15) is 4.79 Å². The Labute approximate surface area is 141 Å². The number of rotatable bonds is 8. The van der Waals surface area contributed by atoms with Gasteiger partial charge in [0.2, 0.25) is 5.91 Å². The van der Waals surface area contributed by atoms with Crippen molar-refractivity contribution in [3.05, 3.63) is 59.1 Å². The van der Waals surface area contributed by atoms with E-state index in [1.807, 2.05) is 48.5 Å². The number of hydrogen-bond acceptors (Lipinski definition) is 3. The molecule has 0 spiro atoms. The lowest BCUT2D eigenvalue weighted by Gasteiger charge is -2.11. The maximum absolute atomic E-state index is 11.8. The molecule has 0 unspecified atom stereocenters. The lowest BCUT2D eigenvalue weighted by atomic mass is 10.00. The van der Waals surface area contributed by atoms with E-state index in [0.717, 1.165) is 16.7 Å². The summed E-state index contributed by atoms with van der Waals surface area (Å²) in [6.45, 7) is 2.02. The summed E-state index contributed by atoms with van der Waals surface area (Å²) in [5.74, 6) is -0.0352. The topological polar surface area (TPSA) is 50.4 Å². The average Bonchev–Trinajstić information content (AvgIpc) is 2.58. The Morgan fingerprint density at radius 1 is 1.13 bits per heavy atom. The van der Waals surface area contributed by atoms with Gasteiger partial charge in [0.05, 0.1) is 13.2 Å². The van der Waals surface area contributed by atoms with Crippen LogP contribution in [0.5, 0.6) is 0 Å². The van der Waals surface area contributed by atoms with Gasteiger partial charge in [0, 0.05) is 25.2 Å². The van der Waals surface area contributed by atoms with Gasteiger partial charge in [-0.1, -0.05) is 48.0 Å². The molecule has 2 rings (SSSR count). The van der Waals surface area contributed by atoms with Crippen LogP contribution in [0.3, 0.4) is 0 Å². The van der Waals surface area contributed by atoms with E-state index in [-0.39, 0.29) is 12.5 Å². The van der Waals surface area contributed by atoms with Gasteiger partial charge in [-0.2, -0.15) is 0 Å². The van der Waals surface area contributed by atoms with Crippen molar-refractivity contribution < 1.29 is 9.53 Å².